The summed E-state index contributed by atoms with van der Waals surface area (Å²) in [5.41, 5.74) is 0.753. The fourth-order valence-electron chi connectivity index (χ4n) is 1.20. The van der Waals surface area contributed by atoms with Crippen molar-refractivity contribution < 1.29 is 4.79 Å². The fraction of sp³-hybridized carbons (Fsp3) is 0. The first kappa shape index (κ1) is 9.61. The molecule has 4 heteroatoms. The number of benzene rings is 1. The van der Waals surface area contributed by atoms with Gasteiger partial charge in [0.15, 0.2) is 6.29 Å². The maximum absolute atomic E-state index is 10.9. The van der Waals surface area contributed by atoms with Gasteiger partial charge in [0.2, 0.25) is 0 Å². The first-order valence-electron chi connectivity index (χ1n) is 3.54. The van der Waals surface area contributed by atoms with Gasteiger partial charge in [-0.05, 0) is 56.0 Å². The van der Waals surface area contributed by atoms with E-state index in [1.54, 1.807) is 11.3 Å². The third-order valence-corrected chi connectivity index (χ3v) is 5.12. The molecule has 0 aliphatic heterocycles. The highest BCUT2D eigenvalue weighted by Crippen LogP contribution is 2.32. The molecule has 66 valence electrons. The van der Waals surface area contributed by atoms with Crippen LogP contribution in [0.2, 0.25) is 0 Å². The largest absolute Gasteiger partial charge is 0.298 e. The van der Waals surface area contributed by atoms with E-state index >= 15 is 0 Å². The van der Waals surface area contributed by atoms with Crippen LogP contribution < -0.4 is 0 Å². The Morgan fingerprint density at radius 2 is 2.31 bits per heavy atom. The zero-order valence-corrected chi connectivity index (χ0v) is 10.9. The summed E-state index contributed by atoms with van der Waals surface area (Å²) in [7, 11) is 0. The van der Waals surface area contributed by atoms with Crippen molar-refractivity contribution in [3.63, 3.8) is 0 Å². The van der Waals surface area contributed by atoms with Crippen LogP contribution in [-0.4, -0.2) is 6.29 Å². The van der Waals surface area contributed by atoms with Crippen LogP contribution in [0.3, 0.4) is 0 Å². The van der Waals surface area contributed by atoms with Gasteiger partial charge in [0, 0.05) is 23.7 Å². The monoisotopic (exact) mass is 366 g/mol. The molecule has 1 aromatic carbocycles. The van der Waals surface area contributed by atoms with E-state index in [4.69, 9.17) is 0 Å². The summed E-state index contributed by atoms with van der Waals surface area (Å²) in [6, 6.07) is 4.06. The summed E-state index contributed by atoms with van der Waals surface area (Å²) >= 11 is 7.29. The summed E-state index contributed by atoms with van der Waals surface area (Å²) in [4.78, 5) is 10.9. The summed E-state index contributed by atoms with van der Waals surface area (Å²) < 4.78 is 3.14. The summed E-state index contributed by atoms with van der Waals surface area (Å²) in [5.74, 6) is 0. The zero-order valence-electron chi connectivity index (χ0n) is 6.38. The van der Waals surface area contributed by atoms with Crippen molar-refractivity contribution in [2.24, 2.45) is 0 Å². The number of halogens is 2. The number of aldehydes is 1. The quantitative estimate of drug-likeness (QED) is 0.549. The molecule has 1 aromatic heterocycles. The van der Waals surface area contributed by atoms with Crippen LogP contribution in [0.25, 0.3) is 10.1 Å². The van der Waals surface area contributed by atoms with E-state index in [-0.39, 0.29) is 0 Å². The minimum Gasteiger partial charge on any atom is -0.298 e. The highest BCUT2D eigenvalue weighted by molar-refractivity contribution is 14.1. The van der Waals surface area contributed by atoms with Gasteiger partial charge in [0.25, 0.3) is 0 Å². The topological polar surface area (TPSA) is 17.1 Å². The Hall–Kier alpha value is 0.0600. The van der Waals surface area contributed by atoms with E-state index in [9.17, 15) is 4.79 Å². The molecule has 0 fully saturated rings. The molecule has 1 heterocycles. The van der Waals surface area contributed by atoms with Gasteiger partial charge < -0.3 is 0 Å². The Kier molecular flexibility index (Phi) is 2.71. The molecule has 0 aliphatic carbocycles. The minimum atomic E-state index is 0.753. The second-order valence-electron chi connectivity index (χ2n) is 2.54. The van der Waals surface area contributed by atoms with Gasteiger partial charge in [-0.15, -0.1) is 11.3 Å². The van der Waals surface area contributed by atoms with E-state index in [2.05, 4.69) is 44.6 Å². The van der Waals surface area contributed by atoms with Gasteiger partial charge in [-0.1, -0.05) is 0 Å². The van der Waals surface area contributed by atoms with Crippen LogP contribution in [0.1, 0.15) is 10.4 Å². The van der Waals surface area contributed by atoms with Crippen LogP contribution in [0.4, 0.5) is 0 Å². The molecular weight excluding hydrogens is 363 g/mol. The van der Waals surface area contributed by atoms with Crippen molar-refractivity contribution in [3.8, 4) is 0 Å². The minimum absolute atomic E-state index is 0.753. The lowest BCUT2D eigenvalue weighted by Crippen LogP contribution is -1.86. The molecule has 0 N–H and O–H groups in total. The highest BCUT2D eigenvalue weighted by atomic mass is 127. The number of fused-ring (bicyclic) bond motifs is 1. The van der Waals surface area contributed by atoms with Gasteiger partial charge in [-0.2, -0.15) is 0 Å². The third kappa shape index (κ3) is 1.55. The first-order chi connectivity index (χ1) is 6.24. The lowest BCUT2D eigenvalue weighted by molar-refractivity contribution is 0.112. The third-order valence-electron chi connectivity index (χ3n) is 1.81. The molecule has 13 heavy (non-hydrogen) atoms. The number of rotatable bonds is 1. The number of hydrogen-bond acceptors (Lipinski definition) is 2. The van der Waals surface area contributed by atoms with Crippen LogP contribution in [0.5, 0.6) is 0 Å². The Morgan fingerprint density at radius 1 is 1.54 bits per heavy atom. The Morgan fingerprint density at radius 3 is 3.00 bits per heavy atom. The van der Waals surface area contributed by atoms with Gasteiger partial charge in [0.1, 0.15) is 0 Å². The fourth-order valence-corrected chi connectivity index (χ4v) is 3.27. The molecule has 1 nitrogen and oxygen atoms in total. The molecule has 0 amide bonds. The van der Waals surface area contributed by atoms with E-state index in [1.807, 2.05) is 11.4 Å². The van der Waals surface area contributed by atoms with Crippen LogP contribution in [0.15, 0.2) is 22.0 Å². The summed E-state index contributed by atoms with van der Waals surface area (Å²) in [6.07, 6.45) is 0.904. The highest BCUT2D eigenvalue weighted by Gasteiger charge is 2.09. The van der Waals surface area contributed by atoms with Crippen molar-refractivity contribution >= 4 is 66.2 Å². The molecule has 2 rings (SSSR count). The first-order valence-corrected chi connectivity index (χ1v) is 6.29. The standard InChI is InChI=1S/C9H4BrIOS/c10-9-6(4-12)5-1-2-13-8(5)3-7(9)11/h1-4H. The van der Waals surface area contributed by atoms with Crippen molar-refractivity contribution in [1.29, 1.82) is 0 Å². The van der Waals surface area contributed by atoms with Crippen LogP contribution >= 0.6 is 49.9 Å². The number of thiophene rings is 1. The van der Waals surface area contributed by atoms with E-state index in [0.717, 1.165) is 30.0 Å². The molecule has 0 saturated heterocycles. The second-order valence-corrected chi connectivity index (χ2v) is 5.44. The molecule has 0 saturated carbocycles. The predicted octanol–water partition coefficient (Wildman–Crippen LogP) is 4.08. The van der Waals surface area contributed by atoms with Gasteiger partial charge in [-0.25, -0.2) is 0 Å². The molecule has 0 bridgehead atoms. The second kappa shape index (κ2) is 3.67. The molecule has 0 aliphatic rings. The van der Waals surface area contributed by atoms with Gasteiger partial charge >= 0.3 is 0 Å². The summed E-state index contributed by atoms with van der Waals surface area (Å²) in [5, 5.41) is 3.03. The maximum Gasteiger partial charge on any atom is 0.151 e. The molecule has 0 radical (unpaired) electrons. The Labute approximate surface area is 101 Å². The Bertz CT molecular complexity index is 478. The number of carbonyl (C=O) groups is 1. The maximum atomic E-state index is 10.9. The van der Waals surface area contributed by atoms with Crippen LogP contribution in [-0.2, 0) is 0 Å². The molecule has 0 atom stereocenters. The molecular formula is C9H4BrIOS. The molecule has 2 aromatic rings. The summed E-state index contributed by atoms with van der Waals surface area (Å²) in [6.45, 7) is 0. The average Bonchev–Trinajstić information content (AvgIpc) is 2.54. The van der Waals surface area contributed by atoms with Crippen molar-refractivity contribution in [2.75, 3.05) is 0 Å². The van der Waals surface area contributed by atoms with Gasteiger partial charge in [-0.3, -0.25) is 4.79 Å². The van der Waals surface area contributed by atoms with E-state index in [1.165, 1.54) is 0 Å². The lowest BCUT2D eigenvalue weighted by atomic mass is 10.1. The van der Waals surface area contributed by atoms with Crippen molar-refractivity contribution in [3.05, 3.63) is 31.1 Å². The SMILES string of the molecule is O=Cc1c(Br)c(I)cc2sccc12. The predicted molar refractivity (Wildman–Crippen MR) is 67.6 cm³/mol. The van der Waals surface area contributed by atoms with Crippen LogP contribution in [0, 0.1) is 3.57 Å². The molecule has 0 unspecified atom stereocenters. The van der Waals surface area contributed by atoms with E-state index in [0.29, 0.717) is 0 Å². The Balaban J connectivity index is 2.95. The molecule has 0 spiro atoms. The number of carbonyl (C=O) groups excluding carboxylic acids is 1. The van der Waals surface area contributed by atoms with Gasteiger partial charge in [0.05, 0.1) is 0 Å². The van der Waals surface area contributed by atoms with Crippen molar-refractivity contribution in [1.82, 2.24) is 0 Å². The smallest absolute Gasteiger partial charge is 0.151 e. The van der Waals surface area contributed by atoms with Crippen molar-refractivity contribution in [2.45, 2.75) is 0 Å². The van der Waals surface area contributed by atoms with E-state index < -0.39 is 0 Å². The average molecular weight is 367 g/mol. The normalized spacial score (nSPS) is 10.6. The lowest BCUT2D eigenvalue weighted by Gasteiger charge is -2.01. The zero-order chi connectivity index (χ0) is 9.42. The number of hydrogen-bond donors (Lipinski definition) is 0.